The number of hydrogen-bond donors (Lipinski definition) is 1. The molecule has 28 heavy (non-hydrogen) atoms. The fourth-order valence-corrected chi connectivity index (χ4v) is 4.00. The summed E-state index contributed by atoms with van der Waals surface area (Å²) in [5.74, 6) is 0.762. The molecule has 0 radical (unpaired) electrons. The number of nitrogens with zero attached hydrogens (tertiary/aromatic N) is 3. The molecule has 9 heteroatoms. The highest BCUT2D eigenvalue weighted by molar-refractivity contribution is 7.99. The zero-order valence-corrected chi connectivity index (χ0v) is 18.0. The second-order valence-electron chi connectivity index (χ2n) is 5.96. The van der Waals surface area contributed by atoms with Gasteiger partial charge in [-0.3, -0.25) is 4.79 Å². The van der Waals surface area contributed by atoms with Crippen LogP contribution in [0.2, 0.25) is 15.1 Å². The molecule has 0 aliphatic heterocycles. The predicted octanol–water partition coefficient (Wildman–Crippen LogP) is 6.05. The number of halogens is 3. The van der Waals surface area contributed by atoms with Crippen molar-refractivity contribution < 1.29 is 4.79 Å². The number of nitrogens with one attached hydrogen (secondary N) is 1. The van der Waals surface area contributed by atoms with Gasteiger partial charge in [0, 0.05) is 32.9 Å². The summed E-state index contributed by atoms with van der Waals surface area (Å²) in [4.78, 5) is 12.3. The summed E-state index contributed by atoms with van der Waals surface area (Å²) < 4.78 is 2.01. The van der Waals surface area contributed by atoms with E-state index in [0.29, 0.717) is 25.9 Å². The number of hydrogen-bond acceptors (Lipinski definition) is 4. The number of thioether (sulfide) groups is 1. The van der Waals surface area contributed by atoms with Gasteiger partial charge in [0.05, 0.1) is 5.75 Å². The van der Waals surface area contributed by atoms with Crippen LogP contribution in [0.15, 0.2) is 47.6 Å². The van der Waals surface area contributed by atoms with Crippen molar-refractivity contribution >= 4 is 58.2 Å². The lowest BCUT2D eigenvalue weighted by atomic mass is 10.2. The Bertz CT molecular complexity index is 956. The lowest BCUT2D eigenvalue weighted by Gasteiger charge is -2.09. The summed E-state index contributed by atoms with van der Waals surface area (Å²) in [6.07, 6.45) is 0.916. The Morgan fingerprint density at radius 3 is 2.36 bits per heavy atom. The molecular weight excluding hydrogens is 439 g/mol. The highest BCUT2D eigenvalue weighted by Gasteiger charge is 2.15. The fourth-order valence-electron chi connectivity index (χ4n) is 2.59. The van der Waals surface area contributed by atoms with E-state index in [1.54, 1.807) is 18.2 Å². The first-order valence-corrected chi connectivity index (χ1v) is 10.7. The van der Waals surface area contributed by atoms with Crippen LogP contribution < -0.4 is 5.32 Å². The third-order valence-corrected chi connectivity index (χ3v) is 5.40. The normalized spacial score (nSPS) is 10.9. The van der Waals surface area contributed by atoms with E-state index in [1.165, 1.54) is 11.8 Å². The van der Waals surface area contributed by atoms with Gasteiger partial charge in [0.2, 0.25) is 5.91 Å². The number of aromatic nitrogens is 3. The minimum absolute atomic E-state index is 0.178. The minimum atomic E-state index is -0.178. The van der Waals surface area contributed by atoms with Gasteiger partial charge in [-0.1, -0.05) is 53.5 Å². The van der Waals surface area contributed by atoms with Crippen molar-refractivity contribution in [3.05, 3.63) is 57.5 Å². The molecule has 1 amide bonds. The molecule has 0 aliphatic rings. The molecule has 0 fully saturated rings. The summed E-state index contributed by atoms with van der Waals surface area (Å²) >= 11 is 19.2. The Kier molecular flexibility index (Phi) is 7.24. The molecule has 0 aliphatic carbocycles. The van der Waals surface area contributed by atoms with Crippen LogP contribution in [0.5, 0.6) is 0 Å². The van der Waals surface area contributed by atoms with E-state index >= 15 is 0 Å². The van der Waals surface area contributed by atoms with E-state index in [4.69, 9.17) is 34.8 Å². The SMILES string of the molecule is CCCn1c(SCC(=O)Nc2cc(Cl)cc(Cl)c2)nnc1-c1ccc(Cl)cc1. The van der Waals surface area contributed by atoms with Crippen molar-refractivity contribution in [1.82, 2.24) is 14.8 Å². The van der Waals surface area contributed by atoms with Gasteiger partial charge < -0.3 is 9.88 Å². The smallest absolute Gasteiger partial charge is 0.234 e. The molecule has 0 bridgehead atoms. The maximum absolute atomic E-state index is 12.3. The van der Waals surface area contributed by atoms with E-state index in [0.717, 1.165) is 24.4 Å². The summed E-state index contributed by atoms with van der Waals surface area (Å²) in [7, 11) is 0. The lowest BCUT2D eigenvalue weighted by Crippen LogP contribution is -2.14. The van der Waals surface area contributed by atoms with Gasteiger partial charge in [0.15, 0.2) is 11.0 Å². The first-order valence-electron chi connectivity index (χ1n) is 8.54. The van der Waals surface area contributed by atoms with Crippen molar-refractivity contribution in [2.75, 3.05) is 11.1 Å². The number of carbonyl (C=O) groups is 1. The Morgan fingerprint density at radius 2 is 1.71 bits per heavy atom. The van der Waals surface area contributed by atoms with Crippen LogP contribution in [0.4, 0.5) is 5.69 Å². The van der Waals surface area contributed by atoms with Crippen molar-refractivity contribution in [2.45, 2.75) is 25.0 Å². The van der Waals surface area contributed by atoms with Crippen LogP contribution in [0.3, 0.4) is 0 Å². The van der Waals surface area contributed by atoms with Gasteiger partial charge in [-0.25, -0.2) is 0 Å². The average Bonchev–Trinajstić information content (AvgIpc) is 3.03. The molecule has 146 valence electrons. The third-order valence-electron chi connectivity index (χ3n) is 3.75. The van der Waals surface area contributed by atoms with Crippen molar-refractivity contribution in [3.63, 3.8) is 0 Å². The Labute approximate surface area is 182 Å². The molecule has 2 aromatic carbocycles. The molecule has 0 saturated heterocycles. The van der Waals surface area contributed by atoms with Crippen molar-refractivity contribution in [1.29, 1.82) is 0 Å². The van der Waals surface area contributed by atoms with Crippen LogP contribution in [0.25, 0.3) is 11.4 Å². The molecule has 3 rings (SSSR count). The highest BCUT2D eigenvalue weighted by atomic mass is 35.5. The highest BCUT2D eigenvalue weighted by Crippen LogP contribution is 2.26. The van der Waals surface area contributed by atoms with Gasteiger partial charge in [-0.2, -0.15) is 0 Å². The first-order chi connectivity index (χ1) is 13.5. The second-order valence-corrected chi connectivity index (χ2v) is 8.21. The summed E-state index contributed by atoms with van der Waals surface area (Å²) in [5.41, 5.74) is 1.48. The molecule has 5 nitrogen and oxygen atoms in total. The summed E-state index contributed by atoms with van der Waals surface area (Å²) in [6.45, 7) is 2.83. The zero-order chi connectivity index (χ0) is 20.1. The molecule has 0 unspecified atom stereocenters. The van der Waals surface area contributed by atoms with Gasteiger partial charge in [0.25, 0.3) is 0 Å². The largest absolute Gasteiger partial charge is 0.325 e. The Morgan fingerprint density at radius 1 is 1.04 bits per heavy atom. The molecule has 1 aromatic heterocycles. The Hall–Kier alpha value is -1.73. The molecule has 1 heterocycles. The number of rotatable bonds is 7. The molecule has 0 atom stereocenters. The van der Waals surface area contributed by atoms with E-state index in [1.807, 2.05) is 28.8 Å². The molecule has 3 aromatic rings. The number of amides is 1. The monoisotopic (exact) mass is 454 g/mol. The predicted molar refractivity (Wildman–Crippen MR) is 117 cm³/mol. The number of carbonyl (C=O) groups excluding carboxylic acids is 1. The second kappa shape index (κ2) is 9.65. The minimum Gasteiger partial charge on any atom is -0.325 e. The van der Waals surface area contributed by atoms with E-state index < -0.39 is 0 Å². The van der Waals surface area contributed by atoms with Crippen LogP contribution in [0.1, 0.15) is 13.3 Å². The maximum Gasteiger partial charge on any atom is 0.234 e. The lowest BCUT2D eigenvalue weighted by molar-refractivity contribution is -0.113. The molecule has 0 spiro atoms. The zero-order valence-electron chi connectivity index (χ0n) is 15.0. The third kappa shape index (κ3) is 5.41. The van der Waals surface area contributed by atoms with E-state index in [9.17, 15) is 4.79 Å². The van der Waals surface area contributed by atoms with Gasteiger partial charge in [-0.05, 0) is 48.9 Å². The van der Waals surface area contributed by atoms with E-state index in [-0.39, 0.29) is 11.7 Å². The van der Waals surface area contributed by atoms with Crippen molar-refractivity contribution in [2.24, 2.45) is 0 Å². The van der Waals surface area contributed by atoms with Crippen LogP contribution in [-0.4, -0.2) is 26.4 Å². The maximum atomic E-state index is 12.3. The Balaban J connectivity index is 1.71. The number of anilines is 1. The summed E-state index contributed by atoms with van der Waals surface area (Å²) in [5, 5.41) is 13.6. The quantitative estimate of drug-likeness (QED) is 0.441. The van der Waals surface area contributed by atoms with Crippen molar-refractivity contribution in [3.8, 4) is 11.4 Å². The molecular formula is C19H17Cl3N4OS. The van der Waals surface area contributed by atoms with Crippen LogP contribution >= 0.6 is 46.6 Å². The summed E-state index contributed by atoms with van der Waals surface area (Å²) in [6, 6.07) is 12.4. The van der Waals surface area contributed by atoms with Crippen LogP contribution in [0, 0.1) is 0 Å². The van der Waals surface area contributed by atoms with E-state index in [2.05, 4.69) is 22.4 Å². The number of benzene rings is 2. The van der Waals surface area contributed by atoms with Gasteiger partial charge >= 0.3 is 0 Å². The fraction of sp³-hybridized carbons (Fsp3) is 0.211. The topological polar surface area (TPSA) is 59.8 Å². The molecule has 1 N–H and O–H groups in total. The van der Waals surface area contributed by atoms with Crippen LogP contribution in [-0.2, 0) is 11.3 Å². The van der Waals surface area contributed by atoms with Gasteiger partial charge in [0.1, 0.15) is 0 Å². The first kappa shape index (κ1) is 21.0. The van der Waals surface area contributed by atoms with Gasteiger partial charge in [-0.15, -0.1) is 10.2 Å². The average molecular weight is 456 g/mol. The molecule has 0 saturated carbocycles. The standard InChI is InChI=1S/C19H17Cl3N4OS/c1-2-7-26-18(12-3-5-13(20)6-4-12)24-25-19(26)28-11-17(27)23-16-9-14(21)8-15(22)10-16/h3-6,8-10H,2,7,11H2,1H3,(H,23,27).